The first kappa shape index (κ1) is 13.1. The van der Waals surface area contributed by atoms with Crippen molar-refractivity contribution in [3.8, 4) is 16.8 Å². The molecule has 104 valence electrons. The van der Waals surface area contributed by atoms with Crippen LogP contribution in [0.4, 0.5) is 5.69 Å². The van der Waals surface area contributed by atoms with E-state index < -0.39 is 4.92 Å². The maximum Gasteiger partial charge on any atom is 0.294 e. The van der Waals surface area contributed by atoms with E-state index in [1.165, 1.54) is 16.3 Å². The standard InChI is InChI=1S/C16H13N3O2/c1-12-6-8-13(9-7-12)14-10-17-18(11-14)15-4-2-3-5-16(15)19(20)21/h2-11H,1H3. The minimum Gasteiger partial charge on any atom is -0.258 e. The summed E-state index contributed by atoms with van der Waals surface area (Å²) < 4.78 is 1.54. The molecule has 3 aromatic rings. The molecule has 0 bridgehead atoms. The number of nitrogens with zero attached hydrogens (tertiary/aromatic N) is 3. The molecule has 21 heavy (non-hydrogen) atoms. The molecule has 0 aliphatic rings. The largest absolute Gasteiger partial charge is 0.294 e. The van der Waals surface area contributed by atoms with E-state index in [0.717, 1.165) is 11.1 Å². The molecule has 2 aromatic carbocycles. The number of hydrogen-bond acceptors (Lipinski definition) is 3. The fraction of sp³-hybridized carbons (Fsp3) is 0.0625. The zero-order chi connectivity index (χ0) is 14.8. The monoisotopic (exact) mass is 279 g/mol. The molecule has 0 atom stereocenters. The van der Waals surface area contributed by atoms with Crippen molar-refractivity contribution in [3.05, 3.63) is 76.6 Å². The average molecular weight is 279 g/mol. The second-order valence-corrected chi connectivity index (χ2v) is 4.79. The summed E-state index contributed by atoms with van der Waals surface area (Å²) in [4.78, 5) is 10.7. The lowest BCUT2D eigenvalue weighted by atomic mass is 10.1. The normalized spacial score (nSPS) is 10.5. The van der Waals surface area contributed by atoms with Gasteiger partial charge in [0.2, 0.25) is 0 Å². The van der Waals surface area contributed by atoms with Crippen LogP contribution >= 0.6 is 0 Å². The lowest BCUT2D eigenvalue weighted by Gasteiger charge is -2.02. The molecule has 1 aromatic heterocycles. The fourth-order valence-electron chi connectivity index (χ4n) is 2.16. The number of rotatable bonds is 3. The molecule has 0 N–H and O–H groups in total. The Hall–Kier alpha value is -2.95. The predicted octanol–water partition coefficient (Wildman–Crippen LogP) is 3.76. The molecule has 0 amide bonds. The predicted molar refractivity (Wildman–Crippen MR) is 80.4 cm³/mol. The van der Waals surface area contributed by atoms with Crippen molar-refractivity contribution in [3.63, 3.8) is 0 Å². The summed E-state index contributed by atoms with van der Waals surface area (Å²) in [7, 11) is 0. The second-order valence-electron chi connectivity index (χ2n) is 4.79. The molecule has 0 radical (unpaired) electrons. The molecule has 0 aliphatic carbocycles. The van der Waals surface area contributed by atoms with Gasteiger partial charge in [0, 0.05) is 17.8 Å². The topological polar surface area (TPSA) is 61.0 Å². The molecular weight excluding hydrogens is 266 g/mol. The quantitative estimate of drug-likeness (QED) is 0.541. The number of para-hydroxylation sites is 2. The second kappa shape index (κ2) is 5.20. The summed E-state index contributed by atoms with van der Waals surface area (Å²) in [5, 5.41) is 15.3. The van der Waals surface area contributed by atoms with Gasteiger partial charge in [-0.25, -0.2) is 4.68 Å². The fourth-order valence-corrected chi connectivity index (χ4v) is 2.16. The van der Waals surface area contributed by atoms with Gasteiger partial charge in [-0.2, -0.15) is 5.10 Å². The molecule has 0 saturated heterocycles. The number of nitro groups is 1. The Kier molecular flexibility index (Phi) is 3.23. The van der Waals surface area contributed by atoms with Crippen LogP contribution in [0.3, 0.4) is 0 Å². The summed E-state index contributed by atoms with van der Waals surface area (Å²) in [5.74, 6) is 0. The third-order valence-corrected chi connectivity index (χ3v) is 3.29. The van der Waals surface area contributed by atoms with E-state index in [1.807, 2.05) is 31.2 Å². The van der Waals surface area contributed by atoms with Gasteiger partial charge in [-0.05, 0) is 18.6 Å². The first-order chi connectivity index (χ1) is 10.1. The SMILES string of the molecule is Cc1ccc(-c2cnn(-c3ccccc3[N+](=O)[O-])c2)cc1. The van der Waals surface area contributed by atoms with Gasteiger partial charge in [-0.3, -0.25) is 10.1 Å². The Balaban J connectivity index is 2.03. The van der Waals surface area contributed by atoms with Gasteiger partial charge < -0.3 is 0 Å². The number of aromatic nitrogens is 2. The lowest BCUT2D eigenvalue weighted by molar-refractivity contribution is -0.384. The summed E-state index contributed by atoms with van der Waals surface area (Å²) in [6.45, 7) is 2.03. The lowest BCUT2D eigenvalue weighted by Crippen LogP contribution is -1.99. The van der Waals surface area contributed by atoms with Crippen LogP contribution in [0, 0.1) is 17.0 Å². The maximum atomic E-state index is 11.1. The molecule has 0 aliphatic heterocycles. The number of aryl methyl sites for hydroxylation is 1. The van der Waals surface area contributed by atoms with Gasteiger partial charge in [0.25, 0.3) is 5.69 Å². The first-order valence-electron chi connectivity index (χ1n) is 6.50. The zero-order valence-electron chi connectivity index (χ0n) is 11.4. The highest BCUT2D eigenvalue weighted by atomic mass is 16.6. The summed E-state index contributed by atoms with van der Waals surface area (Å²) >= 11 is 0. The van der Waals surface area contributed by atoms with E-state index in [-0.39, 0.29) is 5.69 Å². The third-order valence-electron chi connectivity index (χ3n) is 3.29. The van der Waals surface area contributed by atoms with Gasteiger partial charge in [0.05, 0.1) is 11.1 Å². The van der Waals surface area contributed by atoms with Crippen molar-refractivity contribution in [1.82, 2.24) is 9.78 Å². The molecule has 1 heterocycles. The van der Waals surface area contributed by atoms with Crippen molar-refractivity contribution in [2.24, 2.45) is 0 Å². The summed E-state index contributed by atoms with van der Waals surface area (Å²) in [5.41, 5.74) is 3.64. The van der Waals surface area contributed by atoms with Crippen molar-refractivity contribution in [2.75, 3.05) is 0 Å². The van der Waals surface area contributed by atoms with Crippen LogP contribution in [0.15, 0.2) is 60.9 Å². The van der Waals surface area contributed by atoms with Crippen molar-refractivity contribution >= 4 is 5.69 Å². The minimum atomic E-state index is -0.400. The minimum absolute atomic E-state index is 0.0380. The highest BCUT2D eigenvalue weighted by Crippen LogP contribution is 2.25. The highest BCUT2D eigenvalue weighted by molar-refractivity contribution is 5.63. The third kappa shape index (κ3) is 2.53. The van der Waals surface area contributed by atoms with E-state index in [1.54, 1.807) is 30.6 Å². The van der Waals surface area contributed by atoms with E-state index in [0.29, 0.717) is 5.69 Å². The smallest absolute Gasteiger partial charge is 0.258 e. The van der Waals surface area contributed by atoms with Gasteiger partial charge in [-0.1, -0.05) is 42.0 Å². The van der Waals surface area contributed by atoms with Crippen LogP contribution < -0.4 is 0 Å². The number of benzene rings is 2. The Morgan fingerprint density at radius 1 is 1.05 bits per heavy atom. The van der Waals surface area contributed by atoms with Gasteiger partial charge in [-0.15, -0.1) is 0 Å². The maximum absolute atomic E-state index is 11.1. The van der Waals surface area contributed by atoms with Crippen LogP contribution in [0.2, 0.25) is 0 Å². The van der Waals surface area contributed by atoms with Crippen LogP contribution in [0.1, 0.15) is 5.56 Å². The molecule has 5 heteroatoms. The van der Waals surface area contributed by atoms with Crippen LogP contribution in [0.25, 0.3) is 16.8 Å². The molecule has 0 spiro atoms. The summed E-state index contributed by atoms with van der Waals surface area (Å²) in [6.07, 6.45) is 3.51. The molecule has 0 saturated carbocycles. The Labute approximate surface area is 121 Å². The first-order valence-corrected chi connectivity index (χ1v) is 6.50. The Morgan fingerprint density at radius 2 is 1.76 bits per heavy atom. The van der Waals surface area contributed by atoms with Crippen LogP contribution in [-0.4, -0.2) is 14.7 Å². The molecule has 5 nitrogen and oxygen atoms in total. The zero-order valence-corrected chi connectivity index (χ0v) is 11.4. The molecule has 0 fully saturated rings. The van der Waals surface area contributed by atoms with Crippen LogP contribution in [0.5, 0.6) is 0 Å². The van der Waals surface area contributed by atoms with E-state index in [2.05, 4.69) is 5.10 Å². The van der Waals surface area contributed by atoms with E-state index in [4.69, 9.17) is 0 Å². The van der Waals surface area contributed by atoms with Crippen molar-refractivity contribution in [2.45, 2.75) is 6.92 Å². The van der Waals surface area contributed by atoms with Gasteiger partial charge in [0.15, 0.2) is 0 Å². The summed E-state index contributed by atoms with van der Waals surface area (Å²) in [6, 6.07) is 14.6. The highest BCUT2D eigenvalue weighted by Gasteiger charge is 2.15. The van der Waals surface area contributed by atoms with Gasteiger partial charge in [0.1, 0.15) is 5.69 Å². The molecule has 0 unspecified atom stereocenters. The van der Waals surface area contributed by atoms with Crippen LogP contribution in [-0.2, 0) is 0 Å². The molecule has 3 rings (SSSR count). The average Bonchev–Trinajstić information content (AvgIpc) is 2.97. The number of hydrogen-bond donors (Lipinski definition) is 0. The Bertz CT molecular complexity index is 791. The van der Waals surface area contributed by atoms with Crippen molar-refractivity contribution < 1.29 is 4.92 Å². The number of nitro benzene ring substituents is 1. The van der Waals surface area contributed by atoms with E-state index >= 15 is 0 Å². The van der Waals surface area contributed by atoms with E-state index in [9.17, 15) is 10.1 Å². The van der Waals surface area contributed by atoms with Gasteiger partial charge >= 0.3 is 0 Å². The Morgan fingerprint density at radius 3 is 2.48 bits per heavy atom. The van der Waals surface area contributed by atoms with Crippen molar-refractivity contribution in [1.29, 1.82) is 0 Å². The molecular formula is C16H13N3O2.